The van der Waals surface area contributed by atoms with Gasteiger partial charge < -0.3 is 10.1 Å². The number of anilines is 1. The number of methoxy groups -OCH3 is 1. The summed E-state index contributed by atoms with van der Waals surface area (Å²) in [5.74, 6) is 0.336. The molecule has 180 valence electrons. The number of rotatable bonds is 10. The monoisotopic (exact) mass is 462 g/mol. The van der Waals surface area contributed by atoms with Gasteiger partial charge in [0.1, 0.15) is 5.75 Å². The molecule has 0 spiro atoms. The first-order valence-electron chi connectivity index (χ1n) is 11.1. The van der Waals surface area contributed by atoms with Crippen molar-refractivity contribution >= 4 is 17.7 Å². The van der Waals surface area contributed by atoms with Crippen molar-refractivity contribution in [1.29, 1.82) is 0 Å². The first-order valence-corrected chi connectivity index (χ1v) is 11.1. The summed E-state index contributed by atoms with van der Waals surface area (Å²) in [6, 6.07) is 11.2. The topological polar surface area (TPSA) is 41.6 Å². The molecule has 1 N–H and O–H groups in total. The fourth-order valence-electron chi connectivity index (χ4n) is 3.79. The van der Waals surface area contributed by atoms with E-state index in [1.807, 2.05) is 12.1 Å². The van der Waals surface area contributed by atoms with Crippen LogP contribution in [0.3, 0.4) is 0 Å². The van der Waals surface area contributed by atoms with Gasteiger partial charge in [-0.25, -0.2) is 0 Å². The average molecular weight is 463 g/mol. The lowest BCUT2D eigenvalue weighted by Crippen LogP contribution is -2.37. The van der Waals surface area contributed by atoms with Gasteiger partial charge >= 0.3 is 6.18 Å². The summed E-state index contributed by atoms with van der Waals surface area (Å²) >= 11 is 0. The highest BCUT2D eigenvalue weighted by Gasteiger charge is 2.30. The number of aryl methyl sites for hydroxylation is 1. The average Bonchev–Trinajstić information content (AvgIpc) is 2.74. The largest absolute Gasteiger partial charge is 0.496 e. The van der Waals surface area contributed by atoms with Crippen LogP contribution in [-0.4, -0.2) is 36.5 Å². The van der Waals surface area contributed by atoms with Crippen molar-refractivity contribution in [2.24, 2.45) is 0 Å². The van der Waals surface area contributed by atoms with Crippen molar-refractivity contribution in [3.63, 3.8) is 0 Å². The van der Waals surface area contributed by atoms with Crippen LogP contribution in [0.5, 0.6) is 5.75 Å². The number of halogens is 3. The second-order valence-corrected chi connectivity index (χ2v) is 8.50. The highest BCUT2D eigenvalue weighted by molar-refractivity contribution is 6.02. The molecule has 0 heterocycles. The Hall–Kier alpha value is -2.80. The van der Waals surface area contributed by atoms with Crippen LogP contribution < -0.4 is 10.1 Å². The number of carbonyl (C=O) groups is 1. The second kappa shape index (κ2) is 11.9. The number of amides is 1. The summed E-state index contributed by atoms with van der Waals surface area (Å²) in [7, 11) is 1.61. The van der Waals surface area contributed by atoms with Crippen molar-refractivity contribution in [1.82, 2.24) is 4.90 Å². The minimum atomic E-state index is -4.42. The van der Waals surface area contributed by atoms with Crippen molar-refractivity contribution in [2.45, 2.75) is 58.8 Å². The molecule has 33 heavy (non-hydrogen) atoms. The fourth-order valence-corrected chi connectivity index (χ4v) is 3.79. The molecule has 7 heteroatoms. The van der Waals surface area contributed by atoms with Gasteiger partial charge in [0, 0.05) is 23.8 Å². The molecule has 1 amide bonds. The standard InChI is InChI=1S/C26H33F3N2O2/c1-18(2)31(19(3)4)15-7-9-21-17-23(12-13-24(21)33-5)30-25(32)14-11-20-8-6-10-22(16-20)26(27,28)29/h6,8,10-14,16-19H,7,9,15H2,1-5H3,(H,30,32). The smallest absolute Gasteiger partial charge is 0.416 e. The van der Waals surface area contributed by atoms with Gasteiger partial charge in [0.15, 0.2) is 0 Å². The van der Waals surface area contributed by atoms with Gasteiger partial charge in [0.25, 0.3) is 0 Å². The van der Waals surface area contributed by atoms with E-state index >= 15 is 0 Å². The van der Waals surface area contributed by atoms with Crippen molar-refractivity contribution in [2.75, 3.05) is 19.0 Å². The zero-order chi connectivity index (χ0) is 24.6. The van der Waals surface area contributed by atoms with Gasteiger partial charge in [0.05, 0.1) is 12.7 Å². The van der Waals surface area contributed by atoms with Gasteiger partial charge in [-0.2, -0.15) is 13.2 Å². The highest BCUT2D eigenvalue weighted by atomic mass is 19.4. The molecule has 0 aliphatic heterocycles. The number of alkyl halides is 3. The maximum Gasteiger partial charge on any atom is 0.416 e. The van der Waals surface area contributed by atoms with E-state index in [1.54, 1.807) is 13.2 Å². The van der Waals surface area contributed by atoms with E-state index in [4.69, 9.17) is 4.74 Å². The third-order valence-corrected chi connectivity index (χ3v) is 5.38. The molecule has 0 aliphatic rings. The van der Waals surface area contributed by atoms with Gasteiger partial charge in [-0.05, 0) is 94.6 Å². The van der Waals surface area contributed by atoms with Gasteiger partial charge in [-0.1, -0.05) is 12.1 Å². The third-order valence-electron chi connectivity index (χ3n) is 5.38. The molecule has 0 unspecified atom stereocenters. The maximum atomic E-state index is 12.8. The van der Waals surface area contributed by atoms with Crippen molar-refractivity contribution < 1.29 is 22.7 Å². The molecule has 2 rings (SSSR count). The highest BCUT2D eigenvalue weighted by Crippen LogP contribution is 2.30. The van der Waals surface area contributed by atoms with Crippen molar-refractivity contribution in [3.05, 3.63) is 65.2 Å². The summed E-state index contributed by atoms with van der Waals surface area (Å²) in [6.45, 7) is 9.69. The molecule has 2 aromatic carbocycles. The van der Waals surface area contributed by atoms with Crippen LogP contribution in [0.25, 0.3) is 6.08 Å². The Kier molecular flexibility index (Phi) is 9.53. The lowest BCUT2D eigenvalue weighted by molar-refractivity contribution is -0.137. The molecule has 4 nitrogen and oxygen atoms in total. The Morgan fingerprint density at radius 3 is 2.39 bits per heavy atom. The molecule has 2 aromatic rings. The summed E-state index contributed by atoms with van der Waals surface area (Å²) in [5, 5.41) is 2.77. The normalized spacial score (nSPS) is 12.2. The molecule has 0 saturated heterocycles. The summed E-state index contributed by atoms with van der Waals surface area (Å²) in [4.78, 5) is 14.8. The first kappa shape index (κ1) is 26.5. The van der Waals surface area contributed by atoms with Crippen molar-refractivity contribution in [3.8, 4) is 5.75 Å². The number of benzene rings is 2. The Morgan fingerprint density at radius 1 is 1.09 bits per heavy atom. The molecule has 0 atom stereocenters. The van der Waals surface area contributed by atoms with Crippen LogP contribution in [0.15, 0.2) is 48.5 Å². The number of nitrogens with one attached hydrogen (secondary N) is 1. The Labute approximate surface area is 194 Å². The summed E-state index contributed by atoms with van der Waals surface area (Å²) in [5.41, 5.74) is 1.15. The lowest BCUT2D eigenvalue weighted by Gasteiger charge is -2.30. The first-order chi connectivity index (χ1) is 15.5. The summed E-state index contributed by atoms with van der Waals surface area (Å²) in [6.07, 6.45) is -0.0978. The predicted molar refractivity (Wildman–Crippen MR) is 127 cm³/mol. The van der Waals surface area contributed by atoms with Gasteiger partial charge in [0.2, 0.25) is 5.91 Å². The van der Waals surface area contributed by atoms with Crippen LogP contribution in [0.4, 0.5) is 18.9 Å². The molecule has 0 fully saturated rings. The van der Waals surface area contributed by atoms with Crippen LogP contribution in [-0.2, 0) is 17.4 Å². The van der Waals surface area contributed by atoms with E-state index in [0.29, 0.717) is 23.3 Å². The number of nitrogens with zero attached hydrogens (tertiary/aromatic N) is 1. The molecule has 0 aliphatic carbocycles. The maximum absolute atomic E-state index is 12.8. The Balaban J connectivity index is 2.04. The number of carbonyl (C=O) groups excluding carboxylic acids is 1. The van der Waals surface area contributed by atoms with Gasteiger partial charge in [-0.15, -0.1) is 0 Å². The number of ether oxygens (including phenoxy) is 1. The van der Waals surface area contributed by atoms with E-state index in [9.17, 15) is 18.0 Å². The van der Waals surface area contributed by atoms with E-state index in [1.165, 1.54) is 24.3 Å². The fraction of sp³-hybridized carbons (Fsp3) is 0.423. The van der Waals surface area contributed by atoms with E-state index < -0.39 is 17.6 Å². The molecule has 0 bridgehead atoms. The lowest BCUT2D eigenvalue weighted by atomic mass is 10.1. The molecule has 0 saturated carbocycles. The molecular weight excluding hydrogens is 429 g/mol. The minimum Gasteiger partial charge on any atom is -0.496 e. The van der Waals surface area contributed by atoms with Crippen LogP contribution in [0, 0.1) is 0 Å². The van der Waals surface area contributed by atoms with Gasteiger partial charge in [-0.3, -0.25) is 9.69 Å². The van der Waals surface area contributed by atoms with Crippen LogP contribution >= 0.6 is 0 Å². The molecule has 0 radical (unpaired) electrons. The number of hydrogen-bond donors (Lipinski definition) is 1. The SMILES string of the molecule is COc1ccc(NC(=O)C=Cc2cccc(C(F)(F)F)c2)cc1CCCN(C(C)C)C(C)C. The predicted octanol–water partition coefficient (Wildman–Crippen LogP) is 6.42. The van der Waals surface area contributed by atoms with Crippen LogP contribution in [0.2, 0.25) is 0 Å². The van der Waals surface area contributed by atoms with E-state index in [-0.39, 0.29) is 0 Å². The summed E-state index contributed by atoms with van der Waals surface area (Å²) < 4.78 is 44.0. The molecular formula is C26H33F3N2O2. The zero-order valence-corrected chi connectivity index (χ0v) is 19.9. The second-order valence-electron chi connectivity index (χ2n) is 8.50. The zero-order valence-electron chi connectivity index (χ0n) is 19.9. The minimum absolute atomic E-state index is 0.301. The van der Waals surface area contributed by atoms with E-state index in [2.05, 4.69) is 37.9 Å². The van der Waals surface area contributed by atoms with E-state index in [0.717, 1.165) is 42.8 Å². The quantitative estimate of drug-likeness (QED) is 0.415. The Morgan fingerprint density at radius 2 is 1.79 bits per heavy atom. The van der Waals surface area contributed by atoms with Crippen LogP contribution in [0.1, 0.15) is 50.8 Å². The molecule has 0 aromatic heterocycles. The Bertz CT molecular complexity index is 945. The number of hydrogen-bond acceptors (Lipinski definition) is 3. The third kappa shape index (κ3) is 8.24.